The first kappa shape index (κ1) is 20.7. The number of hydrogen-bond donors (Lipinski definition) is 2. The minimum atomic E-state index is -4.65. The molecule has 1 aromatic carbocycles. The molecule has 3 aromatic rings. The van der Waals surface area contributed by atoms with Crippen molar-refractivity contribution in [1.82, 2.24) is 4.98 Å². The molecule has 1 atom stereocenters. The Morgan fingerprint density at radius 1 is 1.19 bits per heavy atom. The Labute approximate surface area is 174 Å². The topological polar surface area (TPSA) is 96.0 Å². The number of anilines is 1. The number of alkyl halides is 3. The van der Waals surface area contributed by atoms with Crippen molar-refractivity contribution in [2.75, 3.05) is 18.6 Å². The predicted octanol–water partition coefficient (Wildman–Crippen LogP) is 3.23. The number of furan rings is 1. The van der Waals surface area contributed by atoms with E-state index in [0.717, 1.165) is 18.3 Å². The molecule has 162 valence electrons. The van der Waals surface area contributed by atoms with Crippen molar-refractivity contribution in [2.24, 2.45) is 0 Å². The zero-order valence-electron chi connectivity index (χ0n) is 16.2. The van der Waals surface area contributed by atoms with Crippen LogP contribution in [0.5, 0.6) is 11.6 Å². The van der Waals surface area contributed by atoms with E-state index in [1.54, 1.807) is 24.3 Å². The lowest BCUT2D eigenvalue weighted by Gasteiger charge is -2.28. The molecule has 0 saturated carbocycles. The number of hydrogen-bond acceptors (Lipinski definition) is 6. The Kier molecular flexibility index (Phi) is 4.89. The van der Waals surface area contributed by atoms with Gasteiger partial charge in [-0.25, -0.2) is 4.98 Å². The van der Waals surface area contributed by atoms with Crippen LogP contribution in [0.2, 0.25) is 0 Å². The molecule has 1 aliphatic heterocycles. The van der Waals surface area contributed by atoms with Crippen LogP contribution in [0, 0.1) is 0 Å². The van der Waals surface area contributed by atoms with Crippen molar-refractivity contribution >= 4 is 11.6 Å². The molecule has 0 radical (unpaired) electrons. The number of ether oxygens (including phenoxy) is 1. The minimum Gasteiger partial charge on any atom is -0.506 e. The Morgan fingerprint density at radius 3 is 2.58 bits per heavy atom. The maximum absolute atomic E-state index is 13.6. The molecule has 1 amide bonds. The molecule has 2 aromatic heterocycles. The van der Waals surface area contributed by atoms with E-state index >= 15 is 0 Å². The molecule has 2 N–H and O–H groups in total. The van der Waals surface area contributed by atoms with Gasteiger partial charge in [0.05, 0.1) is 26.5 Å². The molecule has 1 unspecified atom stereocenters. The van der Waals surface area contributed by atoms with Gasteiger partial charge in [-0.2, -0.15) is 13.2 Å². The summed E-state index contributed by atoms with van der Waals surface area (Å²) in [7, 11) is 1.36. The van der Waals surface area contributed by atoms with Crippen LogP contribution < -0.4 is 9.64 Å². The molecule has 0 fully saturated rings. The van der Waals surface area contributed by atoms with Gasteiger partial charge in [-0.1, -0.05) is 18.2 Å². The zero-order valence-corrected chi connectivity index (χ0v) is 16.2. The maximum atomic E-state index is 13.6. The Hall–Kier alpha value is -3.53. The van der Waals surface area contributed by atoms with E-state index in [-0.39, 0.29) is 29.5 Å². The normalized spacial score (nSPS) is 18.4. The second-order valence-corrected chi connectivity index (χ2v) is 6.98. The highest BCUT2D eigenvalue weighted by Crippen LogP contribution is 2.49. The van der Waals surface area contributed by atoms with Gasteiger partial charge in [-0.15, -0.1) is 0 Å². The highest BCUT2D eigenvalue weighted by Gasteiger charge is 2.53. The first-order valence-electron chi connectivity index (χ1n) is 9.14. The number of carbonyl (C=O) groups excluding carboxylic acids is 1. The highest BCUT2D eigenvalue weighted by molar-refractivity contribution is 6.10. The average molecular weight is 434 g/mol. The SMILES string of the molecule is COc1cc(C2(CO)C(=O)N(Cc3ccc(C(F)(F)F)o3)c3ccccc32)c(O)cn1. The number of methoxy groups -OCH3 is 1. The van der Waals surface area contributed by atoms with Gasteiger partial charge < -0.3 is 24.3 Å². The summed E-state index contributed by atoms with van der Waals surface area (Å²) in [4.78, 5) is 18.7. The number of rotatable bonds is 5. The molecule has 7 nitrogen and oxygen atoms in total. The van der Waals surface area contributed by atoms with Gasteiger partial charge >= 0.3 is 6.18 Å². The fraction of sp³-hybridized carbons (Fsp3) is 0.238. The standard InChI is InChI=1S/C21H17F3N2O5/c1-30-18-8-14(16(28)9-25-18)20(11-27)13-4-2-3-5-15(13)26(19(20)29)10-12-6-7-17(31-12)21(22,23)24/h2-9,27-28H,10-11H2,1H3. The lowest BCUT2D eigenvalue weighted by molar-refractivity contribution is -0.153. The van der Waals surface area contributed by atoms with Crippen molar-refractivity contribution in [2.45, 2.75) is 18.1 Å². The summed E-state index contributed by atoms with van der Waals surface area (Å²) in [5, 5.41) is 20.8. The van der Waals surface area contributed by atoms with E-state index in [0.29, 0.717) is 11.3 Å². The molecule has 10 heteroatoms. The van der Waals surface area contributed by atoms with Gasteiger partial charge in [0.1, 0.15) is 16.9 Å². The molecule has 0 bridgehead atoms. The van der Waals surface area contributed by atoms with Crippen LogP contribution in [0.1, 0.15) is 22.6 Å². The van der Waals surface area contributed by atoms with Crippen molar-refractivity contribution < 1.29 is 37.3 Å². The van der Waals surface area contributed by atoms with Gasteiger partial charge in [-0.05, 0) is 23.8 Å². The Bertz CT molecular complexity index is 1140. The number of pyridine rings is 1. The molecule has 1 aliphatic rings. The molecule has 0 saturated heterocycles. The van der Waals surface area contributed by atoms with Crippen LogP contribution in [0.4, 0.5) is 18.9 Å². The van der Waals surface area contributed by atoms with Gasteiger partial charge in [-0.3, -0.25) is 4.79 Å². The summed E-state index contributed by atoms with van der Waals surface area (Å²) < 4.78 is 48.6. The number of nitrogens with zero attached hydrogens (tertiary/aromatic N) is 2. The number of aliphatic hydroxyl groups excluding tert-OH is 1. The average Bonchev–Trinajstić information content (AvgIpc) is 3.31. The summed E-state index contributed by atoms with van der Waals surface area (Å²) in [5.74, 6) is -2.11. The Balaban J connectivity index is 1.83. The van der Waals surface area contributed by atoms with Gasteiger partial charge in [0, 0.05) is 17.3 Å². The number of amides is 1. The van der Waals surface area contributed by atoms with Crippen molar-refractivity contribution in [3.05, 3.63) is 71.3 Å². The fourth-order valence-electron chi connectivity index (χ4n) is 3.83. The molecule has 0 spiro atoms. The summed E-state index contributed by atoms with van der Waals surface area (Å²) in [6.45, 7) is -0.997. The van der Waals surface area contributed by atoms with Crippen LogP contribution >= 0.6 is 0 Å². The van der Waals surface area contributed by atoms with E-state index in [4.69, 9.17) is 9.15 Å². The molecule has 3 heterocycles. The maximum Gasteiger partial charge on any atom is 0.449 e. The summed E-state index contributed by atoms with van der Waals surface area (Å²) >= 11 is 0. The quantitative estimate of drug-likeness (QED) is 0.640. The van der Waals surface area contributed by atoms with E-state index in [1.807, 2.05) is 0 Å². The van der Waals surface area contributed by atoms with Crippen LogP contribution in [0.3, 0.4) is 0 Å². The summed E-state index contributed by atoms with van der Waals surface area (Å²) in [5.41, 5.74) is -0.872. The van der Waals surface area contributed by atoms with Crippen molar-refractivity contribution in [1.29, 1.82) is 0 Å². The third-order valence-electron chi connectivity index (χ3n) is 5.28. The second-order valence-electron chi connectivity index (χ2n) is 6.98. The number of benzene rings is 1. The number of aliphatic hydroxyl groups is 1. The summed E-state index contributed by atoms with van der Waals surface area (Å²) in [6, 6.07) is 9.81. The third kappa shape index (κ3) is 3.19. The number of aromatic nitrogens is 1. The molecular weight excluding hydrogens is 417 g/mol. The number of carbonyl (C=O) groups is 1. The Morgan fingerprint density at radius 2 is 1.94 bits per heavy atom. The van der Waals surface area contributed by atoms with E-state index < -0.39 is 29.9 Å². The molecular formula is C21H17F3N2O5. The molecule has 4 rings (SSSR count). The van der Waals surface area contributed by atoms with E-state index in [2.05, 4.69) is 4.98 Å². The van der Waals surface area contributed by atoms with E-state index in [1.165, 1.54) is 18.1 Å². The van der Waals surface area contributed by atoms with Gasteiger partial charge in [0.2, 0.25) is 17.5 Å². The van der Waals surface area contributed by atoms with Crippen molar-refractivity contribution in [3.63, 3.8) is 0 Å². The molecule has 0 aliphatic carbocycles. The first-order chi connectivity index (χ1) is 14.7. The third-order valence-corrected chi connectivity index (χ3v) is 5.28. The predicted molar refractivity (Wildman–Crippen MR) is 102 cm³/mol. The number of para-hydroxylation sites is 1. The monoisotopic (exact) mass is 434 g/mol. The van der Waals surface area contributed by atoms with Crippen LogP contribution in [-0.2, 0) is 22.9 Å². The minimum absolute atomic E-state index is 0.0669. The van der Waals surface area contributed by atoms with E-state index in [9.17, 15) is 28.2 Å². The number of aromatic hydroxyl groups is 1. The fourth-order valence-corrected chi connectivity index (χ4v) is 3.83. The highest BCUT2D eigenvalue weighted by atomic mass is 19.4. The lowest BCUT2D eigenvalue weighted by Crippen LogP contribution is -2.43. The van der Waals surface area contributed by atoms with Crippen LogP contribution in [0.25, 0.3) is 0 Å². The van der Waals surface area contributed by atoms with Crippen LogP contribution in [-0.4, -0.2) is 34.8 Å². The number of fused-ring (bicyclic) bond motifs is 1. The zero-order chi connectivity index (χ0) is 22.4. The first-order valence-corrected chi connectivity index (χ1v) is 9.14. The second kappa shape index (κ2) is 7.31. The largest absolute Gasteiger partial charge is 0.506 e. The molecule has 31 heavy (non-hydrogen) atoms. The van der Waals surface area contributed by atoms with Gasteiger partial charge in [0.25, 0.3) is 0 Å². The number of halogens is 3. The smallest absolute Gasteiger partial charge is 0.449 e. The summed E-state index contributed by atoms with van der Waals surface area (Å²) in [6.07, 6.45) is -3.55. The van der Waals surface area contributed by atoms with Crippen LogP contribution in [0.15, 0.2) is 53.1 Å². The van der Waals surface area contributed by atoms with Gasteiger partial charge in [0.15, 0.2) is 0 Å². The lowest BCUT2D eigenvalue weighted by atomic mass is 9.76. The van der Waals surface area contributed by atoms with Crippen molar-refractivity contribution in [3.8, 4) is 11.6 Å².